The zero-order chi connectivity index (χ0) is 21.6. The van der Waals surface area contributed by atoms with Crippen molar-refractivity contribution in [2.24, 2.45) is 12.0 Å². The van der Waals surface area contributed by atoms with E-state index >= 15 is 0 Å². The SMILES string of the molecule is COc1ccc(N2CCN(C(=NCc3nnc(C)n3C)NCC3CCCO3)CC2)cc1. The average Bonchev–Trinajstić information content (AvgIpc) is 3.45. The van der Waals surface area contributed by atoms with Crippen LogP contribution in [0.2, 0.25) is 0 Å². The Labute approximate surface area is 184 Å². The number of anilines is 1. The molecule has 2 aliphatic rings. The first-order chi connectivity index (χ1) is 15.1. The highest BCUT2D eigenvalue weighted by Crippen LogP contribution is 2.20. The number of hydrogen-bond acceptors (Lipinski definition) is 6. The Morgan fingerprint density at radius 1 is 1.19 bits per heavy atom. The molecule has 0 amide bonds. The van der Waals surface area contributed by atoms with E-state index in [4.69, 9.17) is 14.5 Å². The second-order valence-corrected chi connectivity index (χ2v) is 8.05. The van der Waals surface area contributed by atoms with Crippen LogP contribution in [0.5, 0.6) is 5.75 Å². The van der Waals surface area contributed by atoms with Crippen molar-refractivity contribution in [1.29, 1.82) is 0 Å². The number of rotatable bonds is 6. The number of hydrogen-bond donors (Lipinski definition) is 1. The average molecular weight is 428 g/mol. The van der Waals surface area contributed by atoms with Crippen molar-refractivity contribution < 1.29 is 9.47 Å². The largest absolute Gasteiger partial charge is 0.497 e. The number of aliphatic imine (C=N–C) groups is 1. The molecule has 3 heterocycles. The van der Waals surface area contributed by atoms with E-state index in [0.717, 1.165) is 75.5 Å². The number of nitrogens with zero attached hydrogens (tertiary/aromatic N) is 6. The summed E-state index contributed by atoms with van der Waals surface area (Å²) in [7, 11) is 3.67. The van der Waals surface area contributed by atoms with Gasteiger partial charge in [-0.25, -0.2) is 4.99 Å². The van der Waals surface area contributed by atoms with Crippen molar-refractivity contribution in [1.82, 2.24) is 25.0 Å². The molecule has 31 heavy (non-hydrogen) atoms. The van der Waals surface area contributed by atoms with Crippen molar-refractivity contribution in [3.8, 4) is 5.75 Å². The predicted octanol–water partition coefficient (Wildman–Crippen LogP) is 1.58. The van der Waals surface area contributed by atoms with E-state index in [1.807, 2.05) is 30.7 Å². The molecule has 1 aromatic carbocycles. The molecule has 2 aliphatic heterocycles. The third-order valence-corrected chi connectivity index (χ3v) is 6.08. The molecule has 0 bridgehead atoms. The molecule has 168 valence electrons. The number of ether oxygens (including phenoxy) is 2. The summed E-state index contributed by atoms with van der Waals surface area (Å²) in [6.07, 6.45) is 2.51. The molecule has 2 saturated heterocycles. The van der Waals surface area contributed by atoms with E-state index in [0.29, 0.717) is 6.54 Å². The highest BCUT2D eigenvalue weighted by Gasteiger charge is 2.22. The maximum atomic E-state index is 5.79. The molecule has 0 radical (unpaired) electrons. The van der Waals surface area contributed by atoms with Gasteiger partial charge < -0.3 is 29.2 Å². The molecule has 1 unspecified atom stereocenters. The fourth-order valence-corrected chi connectivity index (χ4v) is 3.98. The lowest BCUT2D eigenvalue weighted by atomic mass is 10.2. The van der Waals surface area contributed by atoms with Crippen molar-refractivity contribution in [3.63, 3.8) is 0 Å². The molecule has 9 heteroatoms. The second kappa shape index (κ2) is 10.00. The maximum Gasteiger partial charge on any atom is 0.194 e. The monoisotopic (exact) mass is 427 g/mol. The second-order valence-electron chi connectivity index (χ2n) is 8.05. The van der Waals surface area contributed by atoms with E-state index in [1.165, 1.54) is 5.69 Å². The molecule has 2 aromatic rings. The van der Waals surface area contributed by atoms with Gasteiger partial charge in [0.25, 0.3) is 0 Å². The maximum absolute atomic E-state index is 5.79. The lowest BCUT2D eigenvalue weighted by Crippen LogP contribution is -2.53. The summed E-state index contributed by atoms with van der Waals surface area (Å²) in [5.74, 6) is 3.57. The molecule has 1 aromatic heterocycles. The van der Waals surface area contributed by atoms with Gasteiger partial charge in [0.05, 0.1) is 13.2 Å². The van der Waals surface area contributed by atoms with Crippen LogP contribution in [0.3, 0.4) is 0 Å². The van der Waals surface area contributed by atoms with Crippen LogP contribution in [0.1, 0.15) is 24.5 Å². The lowest BCUT2D eigenvalue weighted by Gasteiger charge is -2.38. The normalized spacial score (nSPS) is 19.7. The Morgan fingerprint density at radius 3 is 2.58 bits per heavy atom. The summed E-state index contributed by atoms with van der Waals surface area (Å²) >= 11 is 0. The van der Waals surface area contributed by atoms with Crippen molar-refractivity contribution >= 4 is 11.6 Å². The number of guanidine groups is 1. The number of benzene rings is 1. The topological polar surface area (TPSA) is 80.0 Å². The highest BCUT2D eigenvalue weighted by atomic mass is 16.5. The van der Waals surface area contributed by atoms with Crippen LogP contribution < -0.4 is 15.0 Å². The molecule has 4 rings (SSSR count). The van der Waals surface area contributed by atoms with Gasteiger partial charge in [-0.3, -0.25) is 0 Å². The van der Waals surface area contributed by atoms with Crippen LogP contribution in [0, 0.1) is 6.92 Å². The van der Waals surface area contributed by atoms with Crippen molar-refractivity contribution in [2.75, 3.05) is 51.3 Å². The first kappa shape index (κ1) is 21.4. The lowest BCUT2D eigenvalue weighted by molar-refractivity contribution is 0.113. The van der Waals surface area contributed by atoms with Gasteiger partial charge in [-0.15, -0.1) is 10.2 Å². The van der Waals surface area contributed by atoms with Gasteiger partial charge in [-0.2, -0.15) is 0 Å². The van der Waals surface area contributed by atoms with Gasteiger partial charge in [-0.05, 0) is 44.0 Å². The van der Waals surface area contributed by atoms with E-state index < -0.39 is 0 Å². The van der Waals surface area contributed by atoms with E-state index in [2.05, 4.69) is 37.4 Å². The minimum atomic E-state index is 0.267. The summed E-state index contributed by atoms with van der Waals surface area (Å²) in [5, 5.41) is 12.0. The summed E-state index contributed by atoms with van der Waals surface area (Å²) in [5.41, 5.74) is 1.22. The van der Waals surface area contributed by atoms with Gasteiger partial charge in [0, 0.05) is 52.1 Å². The quantitative estimate of drug-likeness (QED) is 0.554. The van der Waals surface area contributed by atoms with Crippen molar-refractivity contribution in [2.45, 2.75) is 32.4 Å². The minimum Gasteiger partial charge on any atom is -0.497 e. The highest BCUT2D eigenvalue weighted by molar-refractivity contribution is 5.80. The Hall–Kier alpha value is -2.81. The number of aromatic nitrogens is 3. The zero-order valence-corrected chi connectivity index (χ0v) is 18.8. The zero-order valence-electron chi connectivity index (χ0n) is 18.8. The van der Waals surface area contributed by atoms with Crippen LogP contribution in [-0.2, 0) is 18.3 Å². The van der Waals surface area contributed by atoms with Crippen LogP contribution in [-0.4, -0.2) is 78.2 Å². The molecule has 9 nitrogen and oxygen atoms in total. The Kier molecular flexibility index (Phi) is 6.91. The molecule has 0 saturated carbocycles. The summed E-state index contributed by atoms with van der Waals surface area (Å²) in [4.78, 5) is 9.62. The van der Waals surface area contributed by atoms with Crippen LogP contribution in [0.4, 0.5) is 5.69 Å². The van der Waals surface area contributed by atoms with Crippen LogP contribution in [0.25, 0.3) is 0 Å². The van der Waals surface area contributed by atoms with E-state index in [9.17, 15) is 0 Å². The summed E-state index contributed by atoms with van der Waals surface area (Å²) < 4.78 is 13.1. The van der Waals surface area contributed by atoms with Crippen LogP contribution in [0.15, 0.2) is 29.3 Å². The molecule has 0 spiro atoms. The molecule has 2 fully saturated rings. The molecular weight excluding hydrogens is 394 g/mol. The van der Waals surface area contributed by atoms with Gasteiger partial charge in [0.1, 0.15) is 18.1 Å². The summed E-state index contributed by atoms with van der Waals surface area (Å²) in [6.45, 7) is 7.79. The summed E-state index contributed by atoms with van der Waals surface area (Å²) in [6, 6.07) is 8.27. The van der Waals surface area contributed by atoms with E-state index in [-0.39, 0.29) is 6.10 Å². The minimum absolute atomic E-state index is 0.267. The first-order valence-corrected chi connectivity index (χ1v) is 11.0. The van der Waals surface area contributed by atoms with Crippen LogP contribution >= 0.6 is 0 Å². The fraction of sp³-hybridized carbons (Fsp3) is 0.591. The number of nitrogens with one attached hydrogen (secondary N) is 1. The number of aryl methyl sites for hydroxylation is 1. The third kappa shape index (κ3) is 5.28. The van der Waals surface area contributed by atoms with E-state index in [1.54, 1.807) is 7.11 Å². The Bertz CT molecular complexity index is 866. The van der Waals surface area contributed by atoms with Gasteiger partial charge in [0.15, 0.2) is 11.8 Å². The molecular formula is C22H33N7O2. The van der Waals surface area contributed by atoms with Gasteiger partial charge >= 0.3 is 0 Å². The molecule has 1 N–H and O–H groups in total. The Morgan fingerprint density at radius 2 is 1.97 bits per heavy atom. The Balaban J connectivity index is 1.40. The molecule has 1 atom stereocenters. The standard InChI is InChI=1S/C22H33N7O2/c1-17-25-26-21(27(17)2)16-24-22(23-15-20-5-4-14-31-20)29-12-10-28(11-13-29)18-6-8-19(30-3)9-7-18/h6-9,20H,4-5,10-16H2,1-3H3,(H,23,24). The van der Waals surface area contributed by atoms with Gasteiger partial charge in [0.2, 0.25) is 0 Å². The van der Waals surface area contributed by atoms with Crippen molar-refractivity contribution in [3.05, 3.63) is 35.9 Å². The van der Waals surface area contributed by atoms with Gasteiger partial charge in [-0.1, -0.05) is 0 Å². The molecule has 0 aliphatic carbocycles. The first-order valence-electron chi connectivity index (χ1n) is 11.0. The third-order valence-electron chi connectivity index (χ3n) is 6.08. The smallest absolute Gasteiger partial charge is 0.194 e. The fourth-order valence-electron chi connectivity index (χ4n) is 3.98. The predicted molar refractivity (Wildman–Crippen MR) is 121 cm³/mol. The number of piperazine rings is 1. The number of methoxy groups -OCH3 is 1.